The molecule has 3 atom stereocenters. The molecule has 2 heterocycles. The van der Waals surface area contributed by atoms with Gasteiger partial charge < -0.3 is 15.2 Å². The molecular formula is C10H18NO2+. The zero-order valence-corrected chi connectivity index (χ0v) is 8.29. The Kier molecular flexibility index (Phi) is 1.98. The lowest BCUT2D eigenvalue weighted by Crippen LogP contribution is -2.84. The molecule has 2 rings (SSSR count). The van der Waals surface area contributed by atoms with Gasteiger partial charge in [-0.15, -0.1) is 0 Å². The van der Waals surface area contributed by atoms with E-state index in [1.165, 1.54) is 0 Å². The number of quaternary nitrogens is 1. The van der Waals surface area contributed by atoms with Crippen molar-refractivity contribution in [3.8, 4) is 0 Å². The van der Waals surface area contributed by atoms with E-state index in [4.69, 9.17) is 4.74 Å². The van der Waals surface area contributed by atoms with Crippen LogP contribution in [0.3, 0.4) is 0 Å². The van der Waals surface area contributed by atoms with Crippen LogP contribution in [0, 0.1) is 0 Å². The molecule has 0 aromatic carbocycles. The predicted octanol–water partition coefficient (Wildman–Crippen LogP) is -0.582. The summed E-state index contributed by atoms with van der Waals surface area (Å²) < 4.78 is 5.98. The minimum Gasteiger partial charge on any atom is -0.393 e. The molecule has 0 saturated carbocycles. The fourth-order valence-corrected chi connectivity index (χ4v) is 2.56. The van der Waals surface area contributed by atoms with Crippen molar-refractivity contribution < 1.29 is 15.2 Å². The van der Waals surface area contributed by atoms with Crippen LogP contribution in [0.4, 0.5) is 0 Å². The summed E-state index contributed by atoms with van der Waals surface area (Å²) in [4.78, 5) is 0. The summed E-state index contributed by atoms with van der Waals surface area (Å²) in [6.45, 7) is 2.94. The van der Waals surface area contributed by atoms with Crippen molar-refractivity contribution in [3.63, 3.8) is 0 Å². The van der Waals surface area contributed by atoms with Crippen LogP contribution in [0.5, 0.6) is 0 Å². The first-order chi connectivity index (χ1) is 6.08. The Morgan fingerprint density at radius 2 is 2.31 bits per heavy atom. The molecule has 3 heteroatoms. The minimum absolute atomic E-state index is 0.207. The van der Waals surface area contributed by atoms with E-state index in [1.807, 2.05) is 14.0 Å². The number of aliphatic hydroxyl groups is 1. The summed E-state index contributed by atoms with van der Waals surface area (Å²) in [5, 5.41) is 11.8. The highest BCUT2D eigenvalue weighted by molar-refractivity contribution is 5.21. The molecule has 0 aromatic rings. The van der Waals surface area contributed by atoms with Crippen LogP contribution in [0.1, 0.15) is 19.8 Å². The van der Waals surface area contributed by atoms with Crippen molar-refractivity contribution in [2.24, 2.45) is 0 Å². The number of hydrogen-bond acceptors (Lipinski definition) is 2. The number of ether oxygens (including phenoxy) is 1. The minimum atomic E-state index is -0.222. The van der Waals surface area contributed by atoms with E-state index in [1.54, 1.807) is 0 Å². The smallest absolute Gasteiger partial charge is 0.138 e. The number of nitrogens with two attached hydrogens (primary N) is 1. The maximum Gasteiger partial charge on any atom is 0.138 e. The highest BCUT2D eigenvalue weighted by Gasteiger charge is 2.49. The molecule has 0 amide bonds. The Morgan fingerprint density at radius 3 is 3.00 bits per heavy atom. The molecule has 0 spiro atoms. The molecule has 0 radical (unpaired) electrons. The van der Waals surface area contributed by atoms with Gasteiger partial charge in [-0.1, -0.05) is 6.08 Å². The van der Waals surface area contributed by atoms with Gasteiger partial charge in [-0.3, -0.25) is 0 Å². The normalized spacial score (nSPS) is 48.4. The zero-order chi connectivity index (χ0) is 9.53. The largest absolute Gasteiger partial charge is 0.393 e. The molecule has 0 aromatic heterocycles. The van der Waals surface area contributed by atoms with Gasteiger partial charge in [0.15, 0.2) is 0 Å². The summed E-state index contributed by atoms with van der Waals surface area (Å²) in [5.41, 5.74) is -0.429. The molecule has 2 aliphatic rings. The van der Waals surface area contributed by atoms with Crippen molar-refractivity contribution in [3.05, 3.63) is 12.2 Å². The fourth-order valence-electron chi connectivity index (χ4n) is 2.56. The van der Waals surface area contributed by atoms with Gasteiger partial charge >= 0.3 is 0 Å². The van der Waals surface area contributed by atoms with Gasteiger partial charge in [0.2, 0.25) is 0 Å². The third-order valence-electron chi connectivity index (χ3n) is 2.95. The van der Waals surface area contributed by atoms with E-state index in [0.717, 1.165) is 19.4 Å². The topological polar surface area (TPSA) is 46.1 Å². The van der Waals surface area contributed by atoms with Crippen molar-refractivity contribution >= 4 is 0 Å². The average Bonchev–Trinajstić information content (AvgIpc) is 2.22. The number of rotatable bonds is 2. The summed E-state index contributed by atoms with van der Waals surface area (Å²) in [6.07, 6.45) is 5.49. The second-order valence-corrected chi connectivity index (χ2v) is 4.49. The van der Waals surface area contributed by atoms with E-state index < -0.39 is 0 Å². The summed E-state index contributed by atoms with van der Waals surface area (Å²) >= 11 is 0. The molecule has 0 unspecified atom stereocenters. The van der Waals surface area contributed by atoms with Crippen molar-refractivity contribution in [2.45, 2.75) is 37.1 Å². The quantitative estimate of drug-likeness (QED) is 0.564. The summed E-state index contributed by atoms with van der Waals surface area (Å²) in [5.74, 6) is 0. The molecule has 13 heavy (non-hydrogen) atoms. The molecular weight excluding hydrogens is 166 g/mol. The molecule has 1 saturated heterocycles. The lowest BCUT2D eigenvalue weighted by Gasteiger charge is -2.39. The van der Waals surface area contributed by atoms with E-state index in [0.29, 0.717) is 0 Å². The number of likely N-dealkylation sites (N-methyl/N-ethyl adjacent to an activating group) is 1. The van der Waals surface area contributed by atoms with Gasteiger partial charge in [0.1, 0.15) is 12.1 Å². The molecule has 3 nitrogen and oxygen atoms in total. The summed E-state index contributed by atoms with van der Waals surface area (Å²) in [7, 11) is 2.03. The first-order valence-electron chi connectivity index (χ1n) is 4.94. The first kappa shape index (κ1) is 9.19. The third-order valence-corrected chi connectivity index (χ3v) is 2.95. The Labute approximate surface area is 78.8 Å². The number of hydrogen-bond donors (Lipinski definition) is 2. The molecule has 2 bridgehead atoms. The van der Waals surface area contributed by atoms with Gasteiger partial charge in [0, 0.05) is 12.8 Å². The Morgan fingerprint density at radius 1 is 1.54 bits per heavy atom. The Hall–Kier alpha value is -0.380. The molecule has 3 N–H and O–H groups in total. The highest BCUT2D eigenvalue weighted by Crippen LogP contribution is 2.42. The Balaban J connectivity index is 2.19. The Bertz CT molecular complexity index is 241. The van der Waals surface area contributed by atoms with Gasteiger partial charge in [-0.2, -0.15) is 0 Å². The maximum absolute atomic E-state index is 9.71. The van der Waals surface area contributed by atoms with Crippen LogP contribution in [0.15, 0.2) is 12.2 Å². The molecule has 74 valence electrons. The van der Waals surface area contributed by atoms with Crippen molar-refractivity contribution in [1.29, 1.82) is 0 Å². The van der Waals surface area contributed by atoms with Crippen molar-refractivity contribution in [1.82, 2.24) is 0 Å². The van der Waals surface area contributed by atoms with Gasteiger partial charge in [0.25, 0.3) is 0 Å². The van der Waals surface area contributed by atoms with Gasteiger partial charge in [0.05, 0.1) is 18.8 Å². The van der Waals surface area contributed by atoms with Crippen LogP contribution in [0.2, 0.25) is 0 Å². The van der Waals surface area contributed by atoms with Gasteiger partial charge in [-0.05, 0) is 13.0 Å². The summed E-state index contributed by atoms with van der Waals surface area (Å²) in [6, 6.07) is 0. The number of aliphatic hydroxyl groups excluding tert-OH is 1. The monoisotopic (exact) mass is 184 g/mol. The van der Waals surface area contributed by atoms with Crippen molar-refractivity contribution in [2.75, 3.05) is 13.6 Å². The van der Waals surface area contributed by atoms with Crippen LogP contribution in [0.25, 0.3) is 0 Å². The maximum atomic E-state index is 9.71. The van der Waals surface area contributed by atoms with Gasteiger partial charge in [-0.25, -0.2) is 0 Å². The molecule has 0 aliphatic carbocycles. The lowest BCUT2D eigenvalue weighted by atomic mass is 9.90. The van der Waals surface area contributed by atoms with E-state index >= 15 is 0 Å². The standard InChI is InChI=1S/C10H17NO2/c1-9-3-4-10(13-9,7-11-2)6-8(12)5-9/h3-4,8,11-12H,5-7H2,1-2H3/p+1/t8-,9-,10+/m0/s1. The predicted molar refractivity (Wildman–Crippen MR) is 49.3 cm³/mol. The average molecular weight is 184 g/mol. The van der Waals surface area contributed by atoms with Crippen LogP contribution >= 0.6 is 0 Å². The van der Waals surface area contributed by atoms with Crippen LogP contribution < -0.4 is 5.32 Å². The second kappa shape index (κ2) is 2.80. The highest BCUT2D eigenvalue weighted by atomic mass is 16.5. The first-order valence-corrected chi connectivity index (χ1v) is 4.94. The van der Waals surface area contributed by atoms with Crippen LogP contribution in [-0.4, -0.2) is 36.0 Å². The zero-order valence-electron chi connectivity index (χ0n) is 8.29. The SMILES string of the molecule is C[NH2+]C[C@@]12C=C[C@@](C)(C[C@H](O)C1)O2. The van der Waals surface area contributed by atoms with E-state index in [-0.39, 0.29) is 17.3 Å². The number of fused-ring (bicyclic) bond motifs is 2. The van der Waals surface area contributed by atoms with E-state index in [2.05, 4.69) is 17.5 Å². The molecule has 1 fully saturated rings. The molecule has 2 aliphatic heterocycles. The second-order valence-electron chi connectivity index (χ2n) is 4.49. The third kappa shape index (κ3) is 1.52. The lowest BCUT2D eigenvalue weighted by molar-refractivity contribution is -0.640. The van der Waals surface area contributed by atoms with E-state index in [9.17, 15) is 5.11 Å². The van der Waals surface area contributed by atoms with Crippen LogP contribution in [-0.2, 0) is 4.74 Å². The fraction of sp³-hybridized carbons (Fsp3) is 0.800.